The van der Waals surface area contributed by atoms with E-state index in [1.54, 1.807) is 7.05 Å². The molecule has 0 atom stereocenters. The minimum atomic E-state index is -4.54. The molecule has 0 amide bonds. The van der Waals surface area contributed by atoms with E-state index in [2.05, 4.69) is 5.32 Å². The maximum Gasteiger partial charge on any atom is 0.405 e. The molecule has 0 aliphatic carbocycles. The average molecular weight is 287 g/mol. The van der Waals surface area contributed by atoms with Crippen molar-refractivity contribution in [2.24, 2.45) is 0 Å². The van der Waals surface area contributed by atoms with Gasteiger partial charge in [-0.3, -0.25) is 4.79 Å². The molecule has 0 fully saturated rings. The van der Waals surface area contributed by atoms with Gasteiger partial charge in [0.15, 0.2) is 0 Å². The Balaban J connectivity index is 3.14. The predicted molar refractivity (Wildman–Crippen MR) is 66.6 cm³/mol. The Morgan fingerprint density at radius 3 is 2.60 bits per heavy atom. The Morgan fingerprint density at radius 1 is 1.50 bits per heavy atom. The number of aliphatic carboxylic acids is 1. The summed E-state index contributed by atoms with van der Waals surface area (Å²) in [4.78, 5) is 11.3. The van der Waals surface area contributed by atoms with Crippen LogP contribution in [0.25, 0.3) is 0 Å². The summed E-state index contributed by atoms with van der Waals surface area (Å²) in [5.41, 5.74) is 0.626. The zero-order chi connectivity index (χ0) is 15.3. The lowest BCUT2D eigenvalue weighted by atomic mass is 10.1. The average Bonchev–Trinajstić information content (AvgIpc) is 2.35. The second-order valence-corrected chi connectivity index (χ2v) is 3.96. The maximum absolute atomic E-state index is 12.5. The Morgan fingerprint density at radius 2 is 2.15 bits per heavy atom. The molecule has 1 rings (SSSR count). The fourth-order valence-corrected chi connectivity index (χ4v) is 1.66. The summed E-state index contributed by atoms with van der Waals surface area (Å²) in [7, 11) is 1.57. The van der Waals surface area contributed by atoms with Crippen molar-refractivity contribution in [2.75, 3.05) is 30.4 Å². The van der Waals surface area contributed by atoms with Gasteiger partial charge in [0.05, 0.1) is 11.3 Å². The van der Waals surface area contributed by atoms with Gasteiger partial charge >= 0.3 is 12.1 Å². The van der Waals surface area contributed by atoms with E-state index in [0.717, 1.165) is 0 Å². The van der Waals surface area contributed by atoms with Gasteiger partial charge in [0, 0.05) is 12.7 Å². The van der Waals surface area contributed by atoms with Crippen molar-refractivity contribution < 1.29 is 23.1 Å². The molecule has 0 bridgehead atoms. The molecule has 0 radical (unpaired) electrons. The molecule has 0 heterocycles. The Hall–Kier alpha value is -2.43. The Kier molecular flexibility index (Phi) is 4.80. The zero-order valence-electron chi connectivity index (χ0n) is 10.5. The number of carboxylic acid groups (broad SMARTS) is 1. The van der Waals surface area contributed by atoms with Crippen LogP contribution in [0.1, 0.15) is 5.56 Å². The van der Waals surface area contributed by atoms with Crippen molar-refractivity contribution in [2.45, 2.75) is 6.18 Å². The van der Waals surface area contributed by atoms with E-state index in [1.165, 1.54) is 18.2 Å². The van der Waals surface area contributed by atoms with Crippen molar-refractivity contribution in [3.8, 4) is 6.07 Å². The minimum Gasteiger partial charge on any atom is -0.480 e. The zero-order valence-corrected chi connectivity index (χ0v) is 10.5. The lowest BCUT2D eigenvalue weighted by Gasteiger charge is -2.24. The number of nitriles is 1. The number of nitrogens with zero attached hydrogens (tertiary/aromatic N) is 2. The highest BCUT2D eigenvalue weighted by Gasteiger charge is 2.32. The maximum atomic E-state index is 12.5. The molecule has 0 aromatic heterocycles. The largest absolute Gasteiger partial charge is 0.480 e. The number of hydrogen-bond acceptors (Lipinski definition) is 4. The van der Waals surface area contributed by atoms with Crippen LogP contribution in [0.3, 0.4) is 0 Å². The SMILES string of the molecule is CNc1ccc(N(CC(=O)O)CC(F)(F)F)cc1C#N. The van der Waals surface area contributed by atoms with Crippen LogP contribution in [-0.4, -0.2) is 37.4 Å². The highest BCUT2D eigenvalue weighted by atomic mass is 19.4. The number of alkyl halides is 3. The monoisotopic (exact) mass is 287 g/mol. The normalized spacial score (nSPS) is 10.8. The summed E-state index contributed by atoms with van der Waals surface area (Å²) >= 11 is 0. The first-order valence-electron chi connectivity index (χ1n) is 5.52. The third-order valence-corrected chi connectivity index (χ3v) is 2.45. The number of rotatable bonds is 5. The molecule has 8 heteroatoms. The van der Waals surface area contributed by atoms with E-state index in [-0.39, 0.29) is 11.3 Å². The van der Waals surface area contributed by atoms with Gasteiger partial charge in [0.1, 0.15) is 19.2 Å². The van der Waals surface area contributed by atoms with E-state index < -0.39 is 25.2 Å². The number of carbonyl (C=O) groups is 1. The molecular weight excluding hydrogens is 275 g/mol. The van der Waals surface area contributed by atoms with E-state index in [0.29, 0.717) is 10.6 Å². The van der Waals surface area contributed by atoms with Gasteiger partial charge < -0.3 is 15.3 Å². The first-order chi connectivity index (χ1) is 9.26. The van der Waals surface area contributed by atoms with Gasteiger partial charge in [-0.1, -0.05) is 0 Å². The van der Waals surface area contributed by atoms with E-state index in [4.69, 9.17) is 10.4 Å². The second kappa shape index (κ2) is 6.14. The highest BCUT2D eigenvalue weighted by molar-refractivity contribution is 5.75. The number of anilines is 2. The van der Waals surface area contributed by atoms with E-state index in [9.17, 15) is 18.0 Å². The lowest BCUT2D eigenvalue weighted by Crippen LogP contribution is -2.38. The summed E-state index contributed by atoms with van der Waals surface area (Å²) in [5.74, 6) is -1.38. The van der Waals surface area contributed by atoms with Crippen molar-refractivity contribution in [3.63, 3.8) is 0 Å². The fraction of sp³-hybridized carbons (Fsp3) is 0.333. The van der Waals surface area contributed by atoms with E-state index in [1.807, 2.05) is 6.07 Å². The Bertz CT molecular complexity index is 538. The van der Waals surface area contributed by atoms with Crippen LogP contribution in [0.4, 0.5) is 24.5 Å². The van der Waals surface area contributed by atoms with Crippen LogP contribution >= 0.6 is 0 Å². The summed E-state index contributed by atoms with van der Waals surface area (Å²) in [6, 6.07) is 5.83. The van der Waals surface area contributed by atoms with Gasteiger partial charge in [-0.25, -0.2) is 0 Å². The van der Waals surface area contributed by atoms with Crippen LogP contribution in [0.2, 0.25) is 0 Å². The van der Waals surface area contributed by atoms with Crippen molar-refractivity contribution >= 4 is 17.3 Å². The Labute approximate surface area is 113 Å². The van der Waals surface area contributed by atoms with Crippen molar-refractivity contribution in [3.05, 3.63) is 23.8 Å². The van der Waals surface area contributed by atoms with Crippen LogP contribution in [0, 0.1) is 11.3 Å². The fourth-order valence-electron chi connectivity index (χ4n) is 1.66. The van der Waals surface area contributed by atoms with Gasteiger partial charge in [-0.05, 0) is 18.2 Å². The number of hydrogen-bond donors (Lipinski definition) is 2. The van der Waals surface area contributed by atoms with Gasteiger partial charge in [-0.15, -0.1) is 0 Å². The van der Waals surface area contributed by atoms with Crippen LogP contribution in [-0.2, 0) is 4.79 Å². The number of halogens is 3. The number of carboxylic acids is 1. The van der Waals surface area contributed by atoms with Gasteiger partial charge in [0.25, 0.3) is 0 Å². The molecule has 1 aromatic rings. The quantitative estimate of drug-likeness (QED) is 0.866. The number of benzene rings is 1. The van der Waals surface area contributed by atoms with E-state index >= 15 is 0 Å². The standard InChI is InChI=1S/C12H12F3N3O2/c1-17-10-3-2-9(4-8(10)5-16)18(6-11(19)20)7-12(13,14)15/h2-4,17H,6-7H2,1H3,(H,19,20). The third-order valence-electron chi connectivity index (χ3n) is 2.45. The molecule has 0 saturated heterocycles. The van der Waals surface area contributed by atoms with Gasteiger partial charge in [-0.2, -0.15) is 18.4 Å². The first kappa shape index (κ1) is 15.6. The molecule has 0 aliphatic heterocycles. The molecule has 1 aromatic carbocycles. The third kappa shape index (κ3) is 4.35. The molecule has 0 saturated carbocycles. The van der Waals surface area contributed by atoms with Crippen molar-refractivity contribution in [1.29, 1.82) is 5.26 Å². The van der Waals surface area contributed by atoms with Crippen LogP contribution < -0.4 is 10.2 Å². The molecule has 0 spiro atoms. The number of nitrogens with one attached hydrogen (secondary N) is 1. The smallest absolute Gasteiger partial charge is 0.405 e. The molecule has 5 nitrogen and oxygen atoms in total. The predicted octanol–water partition coefficient (Wildman–Crippen LogP) is 2.05. The summed E-state index contributed by atoms with van der Waals surface area (Å²) in [6.45, 7) is -2.20. The molecular formula is C12H12F3N3O2. The second-order valence-electron chi connectivity index (χ2n) is 3.96. The topological polar surface area (TPSA) is 76.4 Å². The van der Waals surface area contributed by atoms with Gasteiger partial charge in [0.2, 0.25) is 0 Å². The molecule has 0 unspecified atom stereocenters. The first-order valence-corrected chi connectivity index (χ1v) is 5.52. The molecule has 20 heavy (non-hydrogen) atoms. The lowest BCUT2D eigenvalue weighted by molar-refractivity contribution is -0.136. The van der Waals surface area contributed by atoms with Crippen molar-refractivity contribution in [1.82, 2.24) is 0 Å². The summed E-state index contributed by atoms with van der Waals surface area (Å²) < 4.78 is 37.4. The summed E-state index contributed by atoms with van der Waals surface area (Å²) in [6.07, 6.45) is -4.54. The van der Waals surface area contributed by atoms with Crippen LogP contribution in [0.5, 0.6) is 0 Å². The molecule has 2 N–H and O–H groups in total. The van der Waals surface area contributed by atoms with Crippen LogP contribution in [0.15, 0.2) is 18.2 Å². The molecule has 108 valence electrons. The summed E-state index contributed by atoms with van der Waals surface area (Å²) in [5, 5.41) is 20.3. The minimum absolute atomic E-state index is 0.0280. The highest BCUT2D eigenvalue weighted by Crippen LogP contribution is 2.25. The molecule has 0 aliphatic rings.